The van der Waals surface area contributed by atoms with Crippen molar-refractivity contribution in [2.24, 2.45) is 0 Å². The van der Waals surface area contributed by atoms with Crippen LogP contribution in [0.15, 0.2) is 72.9 Å². The second-order valence-electron chi connectivity index (χ2n) is 10.0. The Kier molecular flexibility index (Phi) is 7.58. The number of rotatable bonds is 7. The molecule has 11 heteroatoms. The number of thiocarbonyl (C=S) groups is 1. The molecule has 0 saturated carbocycles. The summed E-state index contributed by atoms with van der Waals surface area (Å²) in [4.78, 5) is 19.3. The number of aromatic nitrogens is 2. The van der Waals surface area contributed by atoms with Gasteiger partial charge in [-0.15, -0.1) is 0 Å². The zero-order valence-corrected chi connectivity index (χ0v) is 25.0. The molecular formula is C30H31N5O4S2. The van der Waals surface area contributed by atoms with Crippen LogP contribution in [-0.2, 0) is 14.8 Å². The lowest BCUT2D eigenvalue weighted by atomic mass is 9.96. The highest BCUT2D eigenvalue weighted by molar-refractivity contribution is 7.92. The molecular weight excluding hydrogens is 558 g/mol. The summed E-state index contributed by atoms with van der Waals surface area (Å²) in [6, 6.07) is 20.2. The largest absolute Gasteiger partial charge is 0.465 e. The lowest BCUT2D eigenvalue weighted by Crippen LogP contribution is -2.29. The number of nitrogens with zero attached hydrogens (tertiary/aromatic N) is 3. The van der Waals surface area contributed by atoms with Crippen LogP contribution in [0.25, 0.3) is 5.69 Å². The highest BCUT2D eigenvalue weighted by atomic mass is 32.2. The molecule has 41 heavy (non-hydrogen) atoms. The third-order valence-corrected chi connectivity index (χ3v) is 8.13. The number of carbonyl (C=O) groups excluding carboxylic acids is 1. The Hall–Kier alpha value is -4.22. The van der Waals surface area contributed by atoms with Gasteiger partial charge in [0, 0.05) is 23.3 Å². The number of sulfonamides is 1. The third-order valence-electron chi connectivity index (χ3n) is 7.22. The molecule has 2 aromatic carbocycles. The number of benzene rings is 2. The van der Waals surface area contributed by atoms with Crippen molar-refractivity contribution in [1.29, 1.82) is 0 Å². The van der Waals surface area contributed by atoms with E-state index in [-0.39, 0.29) is 12.1 Å². The minimum Gasteiger partial charge on any atom is -0.465 e. The molecule has 2 aromatic heterocycles. The predicted octanol–water partition coefficient (Wildman–Crippen LogP) is 5.13. The number of aryl methyl sites for hydroxylation is 2. The summed E-state index contributed by atoms with van der Waals surface area (Å²) < 4.78 is 33.4. The predicted molar refractivity (Wildman–Crippen MR) is 164 cm³/mol. The number of nitrogens with one attached hydrogen (secondary N) is 2. The standard InChI is InChI=1S/C30H31N5O4S2/c1-18-16-21(13-14-24(18)33-41(5,37)38)35-28(27(32-30(35)40)25-11-8-9-15-31-25)23-17-19(2)34(20(23)3)26-12-7-6-10-22(26)29(36)39-4/h6-17,27-28,33H,1-5H3,(H,32,40). The van der Waals surface area contributed by atoms with E-state index in [0.29, 0.717) is 16.4 Å². The van der Waals surface area contributed by atoms with E-state index in [2.05, 4.69) is 25.7 Å². The number of anilines is 2. The van der Waals surface area contributed by atoms with Gasteiger partial charge in [0.05, 0.1) is 48.1 Å². The Labute approximate surface area is 245 Å². The molecule has 4 aromatic rings. The van der Waals surface area contributed by atoms with Crippen LogP contribution in [0.2, 0.25) is 0 Å². The van der Waals surface area contributed by atoms with E-state index < -0.39 is 16.0 Å². The number of carbonyl (C=O) groups is 1. The zero-order chi connectivity index (χ0) is 29.5. The number of ether oxygens (including phenoxy) is 1. The summed E-state index contributed by atoms with van der Waals surface area (Å²) >= 11 is 5.89. The maximum absolute atomic E-state index is 12.6. The van der Waals surface area contributed by atoms with E-state index in [1.54, 1.807) is 18.3 Å². The van der Waals surface area contributed by atoms with E-state index in [1.807, 2.05) is 74.2 Å². The summed E-state index contributed by atoms with van der Waals surface area (Å²) in [7, 11) is -2.06. The first-order chi connectivity index (χ1) is 19.5. The van der Waals surface area contributed by atoms with Crippen LogP contribution in [-0.4, -0.2) is 42.4 Å². The highest BCUT2D eigenvalue weighted by Gasteiger charge is 2.42. The van der Waals surface area contributed by atoms with E-state index in [1.165, 1.54) is 7.11 Å². The normalized spacial score (nSPS) is 16.9. The Morgan fingerprint density at radius 2 is 1.78 bits per heavy atom. The van der Waals surface area contributed by atoms with E-state index in [4.69, 9.17) is 17.0 Å². The highest BCUT2D eigenvalue weighted by Crippen LogP contribution is 2.44. The van der Waals surface area contributed by atoms with Gasteiger partial charge in [-0.1, -0.05) is 18.2 Å². The van der Waals surface area contributed by atoms with Crippen molar-refractivity contribution in [2.75, 3.05) is 23.0 Å². The van der Waals surface area contributed by atoms with Crippen molar-refractivity contribution in [1.82, 2.24) is 14.9 Å². The van der Waals surface area contributed by atoms with Crippen molar-refractivity contribution < 1.29 is 17.9 Å². The van der Waals surface area contributed by atoms with Gasteiger partial charge in [-0.2, -0.15) is 0 Å². The van der Waals surface area contributed by atoms with E-state index in [9.17, 15) is 13.2 Å². The number of methoxy groups -OCH3 is 1. The summed E-state index contributed by atoms with van der Waals surface area (Å²) in [6.07, 6.45) is 2.88. The molecule has 1 aliphatic rings. The van der Waals surface area contributed by atoms with E-state index >= 15 is 0 Å². The van der Waals surface area contributed by atoms with E-state index in [0.717, 1.165) is 45.8 Å². The zero-order valence-electron chi connectivity index (χ0n) is 23.4. The van der Waals surface area contributed by atoms with Crippen molar-refractivity contribution in [3.8, 4) is 5.69 Å². The van der Waals surface area contributed by atoms with Crippen LogP contribution in [0.5, 0.6) is 0 Å². The second-order valence-corrected chi connectivity index (χ2v) is 12.2. The first-order valence-corrected chi connectivity index (χ1v) is 15.3. The summed E-state index contributed by atoms with van der Waals surface area (Å²) in [5.41, 5.74) is 6.97. The first-order valence-electron chi connectivity index (χ1n) is 13.0. The summed E-state index contributed by atoms with van der Waals surface area (Å²) in [6.45, 7) is 5.88. The van der Waals surface area contributed by atoms with Gasteiger partial charge >= 0.3 is 5.97 Å². The molecule has 2 atom stereocenters. The summed E-state index contributed by atoms with van der Waals surface area (Å²) in [5, 5.41) is 4.00. The van der Waals surface area contributed by atoms with Gasteiger partial charge in [-0.25, -0.2) is 13.2 Å². The molecule has 0 spiro atoms. The van der Waals surface area contributed by atoms with Crippen LogP contribution in [0, 0.1) is 20.8 Å². The quantitative estimate of drug-likeness (QED) is 0.226. The van der Waals surface area contributed by atoms with Gasteiger partial charge in [-0.05, 0) is 92.6 Å². The van der Waals surface area contributed by atoms with Crippen LogP contribution < -0.4 is 14.9 Å². The van der Waals surface area contributed by atoms with Gasteiger partial charge in [0.15, 0.2) is 5.11 Å². The Bertz CT molecular complexity index is 1750. The van der Waals surface area contributed by atoms with Crippen LogP contribution >= 0.6 is 12.2 Å². The van der Waals surface area contributed by atoms with Crippen LogP contribution in [0.4, 0.5) is 11.4 Å². The molecule has 212 valence electrons. The number of hydrogen-bond donors (Lipinski definition) is 2. The molecule has 0 bridgehead atoms. The molecule has 1 saturated heterocycles. The van der Waals surface area contributed by atoms with Gasteiger partial charge in [-0.3, -0.25) is 9.71 Å². The maximum atomic E-state index is 12.6. The third kappa shape index (κ3) is 5.42. The molecule has 2 unspecified atom stereocenters. The van der Waals surface area contributed by atoms with Gasteiger partial charge in [0.2, 0.25) is 10.0 Å². The van der Waals surface area contributed by atoms with Crippen LogP contribution in [0.3, 0.4) is 0 Å². The van der Waals surface area contributed by atoms with Crippen molar-refractivity contribution in [3.05, 3.63) is 107 Å². The second kappa shape index (κ2) is 11.0. The molecule has 0 radical (unpaired) electrons. The molecule has 3 heterocycles. The Morgan fingerprint density at radius 1 is 1.05 bits per heavy atom. The molecule has 0 amide bonds. The van der Waals surface area contributed by atoms with Crippen molar-refractivity contribution in [2.45, 2.75) is 32.9 Å². The van der Waals surface area contributed by atoms with Gasteiger partial charge in [0.1, 0.15) is 0 Å². The Balaban J connectivity index is 1.67. The fourth-order valence-corrected chi connectivity index (χ4v) is 6.44. The lowest BCUT2D eigenvalue weighted by Gasteiger charge is -2.29. The number of pyridine rings is 1. The number of para-hydroxylation sites is 1. The smallest absolute Gasteiger partial charge is 0.339 e. The molecule has 0 aliphatic carbocycles. The minimum absolute atomic E-state index is 0.275. The maximum Gasteiger partial charge on any atom is 0.339 e. The lowest BCUT2D eigenvalue weighted by molar-refractivity contribution is 0.0600. The molecule has 9 nitrogen and oxygen atoms in total. The van der Waals surface area contributed by atoms with Crippen LogP contribution in [0.1, 0.15) is 50.7 Å². The topological polar surface area (TPSA) is 106 Å². The number of hydrogen-bond acceptors (Lipinski definition) is 6. The fourth-order valence-electron chi connectivity index (χ4n) is 5.47. The first kappa shape index (κ1) is 28.3. The van der Waals surface area contributed by atoms with Crippen molar-refractivity contribution >= 4 is 44.7 Å². The minimum atomic E-state index is -3.43. The molecule has 1 aliphatic heterocycles. The average Bonchev–Trinajstić information content (AvgIpc) is 3.43. The molecule has 1 fully saturated rings. The van der Waals surface area contributed by atoms with Crippen molar-refractivity contribution in [3.63, 3.8) is 0 Å². The fraction of sp³-hybridized carbons (Fsp3) is 0.233. The van der Waals surface area contributed by atoms with Gasteiger partial charge < -0.3 is 19.5 Å². The average molecular weight is 590 g/mol. The number of esters is 1. The Morgan fingerprint density at radius 3 is 2.44 bits per heavy atom. The SMILES string of the molecule is COC(=O)c1ccccc1-n1c(C)cc(C2C(c3ccccn3)NC(=S)N2c2ccc(NS(C)(=O)=O)c(C)c2)c1C. The summed E-state index contributed by atoms with van der Waals surface area (Å²) in [5.74, 6) is -0.412. The van der Waals surface area contributed by atoms with Gasteiger partial charge in [0.25, 0.3) is 0 Å². The molecule has 2 N–H and O–H groups in total. The monoisotopic (exact) mass is 589 g/mol. The molecule has 5 rings (SSSR count).